The highest BCUT2D eigenvalue weighted by atomic mass is 19.4. The molecule has 1 aliphatic rings. The van der Waals surface area contributed by atoms with Crippen LogP contribution >= 0.6 is 0 Å². The third-order valence-corrected chi connectivity index (χ3v) is 3.78. The Morgan fingerprint density at radius 1 is 1.32 bits per heavy atom. The Morgan fingerprint density at radius 3 is 2.59 bits per heavy atom. The average molecular weight is 314 g/mol. The Kier molecular flexibility index (Phi) is 4.83. The minimum absolute atomic E-state index is 0.0204. The number of halogens is 3. The maximum absolute atomic E-state index is 12.5. The molecule has 4 nitrogen and oxygen atoms in total. The van der Waals surface area contributed by atoms with Gasteiger partial charge >= 0.3 is 6.18 Å². The topological polar surface area (TPSA) is 50.3 Å². The molecule has 0 spiro atoms. The summed E-state index contributed by atoms with van der Waals surface area (Å²) in [5, 5.41) is 0. The number of carbonyl (C=O) groups is 2. The molecule has 1 saturated heterocycles. The SMILES string of the molecule is CCC(=O)C1CCCCN1C(=O)c1ccc(C(F)(F)F)nc1. The number of piperidine rings is 1. The molecule has 2 heterocycles. The van der Waals surface area contributed by atoms with Gasteiger partial charge in [0.05, 0.1) is 11.6 Å². The quantitative estimate of drug-likeness (QED) is 0.861. The fourth-order valence-corrected chi connectivity index (χ4v) is 2.60. The van der Waals surface area contributed by atoms with Crippen LogP contribution in [-0.2, 0) is 11.0 Å². The third-order valence-electron chi connectivity index (χ3n) is 3.78. The molecule has 0 aliphatic carbocycles. The van der Waals surface area contributed by atoms with E-state index >= 15 is 0 Å². The van der Waals surface area contributed by atoms with E-state index in [1.165, 1.54) is 4.90 Å². The van der Waals surface area contributed by atoms with Gasteiger partial charge in [-0.2, -0.15) is 13.2 Å². The molecule has 120 valence electrons. The van der Waals surface area contributed by atoms with Crippen molar-refractivity contribution in [3.8, 4) is 0 Å². The Hall–Kier alpha value is -1.92. The highest BCUT2D eigenvalue weighted by molar-refractivity contribution is 5.97. The summed E-state index contributed by atoms with van der Waals surface area (Å²) in [4.78, 5) is 29.1. The maximum atomic E-state index is 12.5. The lowest BCUT2D eigenvalue weighted by atomic mass is 9.96. The van der Waals surface area contributed by atoms with Gasteiger partial charge in [-0.25, -0.2) is 0 Å². The van der Waals surface area contributed by atoms with Gasteiger partial charge in [-0.15, -0.1) is 0 Å². The van der Waals surface area contributed by atoms with Crippen LogP contribution in [0.25, 0.3) is 0 Å². The minimum atomic E-state index is -4.53. The summed E-state index contributed by atoms with van der Waals surface area (Å²) in [5.41, 5.74) is -0.965. The van der Waals surface area contributed by atoms with Crippen LogP contribution in [0.3, 0.4) is 0 Å². The molecular weight excluding hydrogens is 297 g/mol. The fourth-order valence-electron chi connectivity index (χ4n) is 2.60. The van der Waals surface area contributed by atoms with E-state index in [-0.39, 0.29) is 11.3 Å². The summed E-state index contributed by atoms with van der Waals surface area (Å²) in [6.45, 7) is 2.18. The molecule has 1 unspecified atom stereocenters. The van der Waals surface area contributed by atoms with E-state index in [1.54, 1.807) is 6.92 Å². The molecule has 0 bridgehead atoms. The van der Waals surface area contributed by atoms with E-state index in [9.17, 15) is 22.8 Å². The standard InChI is InChI=1S/C15H17F3N2O2/c1-2-12(21)11-5-3-4-8-20(11)14(22)10-6-7-13(19-9-10)15(16,17)18/h6-7,9,11H,2-5,8H2,1H3. The number of hydrogen-bond acceptors (Lipinski definition) is 3. The molecule has 0 N–H and O–H groups in total. The van der Waals surface area contributed by atoms with Crippen LogP contribution in [-0.4, -0.2) is 34.2 Å². The smallest absolute Gasteiger partial charge is 0.329 e. The van der Waals surface area contributed by atoms with Crippen molar-refractivity contribution in [2.24, 2.45) is 0 Å². The first-order chi connectivity index (χ1) is 10.3. The first kappa shape index (κ1) is 16.5. The molecule has 0 radical (unpaired) electrons. The number of rotatable bonds is 3. The van der Waals surface area contributed by atoms with E-state index in [0.29, 0.717) is 19.4 Å². The van der Waals surface area contributed by atoms with Crippen LogP contribution in [0, 0.1) is 0 Å². The van der Waals surface area contributed by atoms with Crippen LogP contribution in [0.15, 0.2) is 18.3 Å². The molecule has 1 aliphatic heterocycles. The molecule has 7 heteroatoms. The predicted molar refractivity (Wildman–Crippen MR) is 73.2 cm³/mol. The normalized spacial score (nSPS) is 19.1. The number of likely N-dealkylation sites (tertiary alicyclic amines) is 1. The molecule has 1 aromatic heterocycles. The summed E-state index contributed by atoms with van der Waals surface area (Å²) in [6.07, 6.45) is -1.02. The van der Waals surface area contributed by atoms with Crippen molar-refractivity contribution in [2.45, 2.75) is 44.8 Å². The molecule has 1 aromatic rings. The molecular formula is C15H17F3N2O2. The van der Waals surface area contributed by atoms with Crippen molar-refractivity contribution in [1.82, 2.24) is 9.88 Å². The van der Waals surface area contributed by atoms with Crippen molar-refractivity contribution in [1.29, 1.82) is 0 Å². The Bertz CT molecular complexity index is 555. The van der Waals surface area contributed by atoms with Crippen molar-refractivity contribution in [3.63, 3.8) is 0 Å². The second-order valence-corrected chi connectivity index (χ2v) is 5.26. The van der Waals surface area contributed by atoms with E-state index in [0.717, 1.165) is 31.2 Å². The second kappa shape index (κ2) is 6.46. The molecule has 1 atom stereocenters. The average Bonchev–Trinajstić information content (AvgIpc) is 2.52. The zero-order valence-corrected chi connectivity index (χ0v) is 12.2. The minimum Gasteiger partial charge on any atom is -0.329 e. The van der Waals surface area contributed by atoms with Gasteiger partial charge in [-0.3, -0.25) is 14.6 Å². The summed E-state index contributed by atoms with van der Waals surface area (Å²) in [5.74, 6) is -0.458. The van der Waals surface area contributed by atoms with Gasteiger partial charge in [-0.1, -0.05) is 6.92 Å². The van der Waals surface area contributed by atoms with Crippen molar-refractivity contribution in [3.05, 3.63) is 29.6 Å². The highest BCUT2D eigenvalue weighted by Crippen LogP contribution is 2.28. The number of amides is 1. The number of ketones is 1. The van der Waals surface area contributed by atoms with E-state index < -0.39 is 23.8 Å². The first-order valence-corrected chi connectivity index (χ1v) is 7.21. The third kappa shape index (κ3) is 3.45. The predicted octanol–water partition coefficient (Wildman–Crippen LogP) is 3.07. The van der Waals surface area contributed by atoms with Gasteiger partial charge in [0.15, 0.2) is 5.78 Å². The monoisotopic (exact) mass is 314 g/mol. The maximum Gasteiger partial charge on any atom is 0.433 e. The first-order valence-electron chi connectivity index (χ1n) is 7.21. The zero-order chi connectivity index (χ0) is 16.3. The second-order valence-electron chi connectivity index (χ2n) is 5.26. The molecule has 0 aromatic carbocycles. The lowest BCUT2D eigenvalue weighted by molar-refractivity contribution is -0.141. The number of aromatic nitrogens is 1. The number of carbonyl (C=O) groups excluding carboxylic acids is 2. The molecule has 2 rings (SSSR count). The summed E-state index contributed by atoms with van der Waals surface area (Å²) < 4.78 is 37.5. The van der Waals surface area contributed by atoms with E-state index in [4.69, 9.17) is 0 Å². The summed E-state index contributed by atoms with van der Waals surface area (Å²) in [7, 11) is 0. The van der Waals surface area contributed by atoms with Crippen LogP contribution < -0.4 is 0 Å². The lowest BCUT2D eigenvalue weighted by Gasteiger charge is -2.34. The number of hydrogen-bond donors (Lipinski definition) is 0. The van der Waals surface area contributed by atoms with Gasteiger partial charge in [0, 0.05) is 19.2 Å². The van der Waals surface area contributed by atoms with Crippen molar-refractivity contribution >= 4 is 11.7 Å². The number of pyridine rings is 1. The number of Topliss-reactive ketones (excluding diaryl/α,β-unsaturated/α-hetero) is 1. The Morgan fingerprint density at radius 2 is 2.05 bits per heavy atom. The largest absolute Gasteiger partial charge is 0.433 e. The van der Waals surface area contributed by atoms with Gasteiger partial charge in [-0.05, 0) is 31.4 Å². The number of nitrogens with zero attached hydrogens (tertiary/aromatic N) is 2. The van der Waals surface area contributed by atoms with Crippen LogP contribution in [0.4, 0.5) is 13.2 Å². The van der Waals surface area contributed by atoms with Crippen molar-refractivity contribution < 1.29 is 22.8 Å². The summed E-state index contributed by atoms with van der Waals surface area (Å²) >= 11 is 0. The summed E-state index contributed by atoms with van der Waals surface area (Å²) in [6, 6.07) is 1.42. The zero-order valence-electron chi connectivity index (χ0n) is 12.2. The molecule has 0 saturated carbocycles. The van der Waals surface area contributed by atoms with Gasteiger partial charge < -0.3 is 4.90 Å². The molecule has 1 fully saturated rings. The van der Waals surface area contributed by atoms with Gasteiger partial charge in [0.1, 0.15) is 5.69 Å². The van der Waals surface area contributed by atoms with E-state index in [1.807, 2.05) is 0 Å². The Labute approximate surface area is 126 Å². The number of alkyl halides is 3. The highest BCUT2D eigenvalue weighted by Gasteiger charge is 2.34. The van der Waals surface area contributed by atoms with Gasteiger partial charge in [0.25, 0.3) is 5.91 Å². The van der Waals surface area contributed by atoms with Crippen LogP contribution in [0.1, 0.15) is 48.7 Å². The molecule has 1 amide bonds. The van der Waals surface area contributed by atoms with Crippen LogP contribution in [0.5, 0.6) is 0 Å². The van der Waals surface area contributed by atoms with E-state index in [2.05, 4.69) is 4.98 Å². The lowest BCUT2D eigenvalue weighted by Crippen LogP contribution is -2.47. The Balaban J connectivity index is 2.20. The fraction of sp³-hybridized carbons (Fsp3) is 0.533. The molecule has 22 heavy (non-hydrogen) atoms. The van der Waals surface area contributed by atoms with Gasteiger partial charge in [0.2, 0.25) is 0 Å². The van der Waals surface area contributed by atoms with Crippen molar-refractivity contribution in [2.75, 3.05) is 6.54 Å². The van der Waals surface area contributed by atoms with Crippen LogP contribution in [0.2, 0.25) is 0 Å².